The summed E-state index contributed by atoms with van der Waals surface area (Å²) in [5.74, 6) is -0.256. The minimum absolute atomic E-state index is 0.00360. The fourth-order valence-electron chi connectivity index (χ4n) is 6.13. The van der Waals surface area contributed by atoms with Crippen molar-refractivity contribution in [3.63, 3.8) is 0 Å². The van der Waals surface area contributed by atoms with E-state index in [2.05, 4.69) is 4.90 Å². The molecule has 1 aliphatic heterocycles. The molecule has 3 fully saturated rings. The van der Waals surface area contributed by atoms with Crippen molar-refractivity contribution in [2.24, 2.45) is 5.92 Å². The number of aromatic nitrogens is 2. The molecule has 6 nitrogen and oxygen atoms in total. The number of anilines is 1. The molecule has 6 rings (SSSR count). The smallest absolute Gasteiger partial charge is 0.303 e. The zero-order valence-corrected chi connectivity index (χ0v) is 21.6. The quantitative estimate of drug-likeness (QED) is 0.369. The Balaban J connectivity index is 1.15. The summed E-state index contributed by atoms with van der Waals surface area (Å²) in [4.78, 5) is 13.0. The van der Waals surface area contributed by atoms with Gasteiger partial charge >= 0.3 is 5.97 Å². The van der Waals surface area contributed by atoms with Gasteiger partial charge in [-0.15, -0.1) is 0 Å². The van der Waals surface area contributed by atoms with Gasteiger partial charge in [-0.05, 0) is 79.8 Å². The number of halogens is 2. The number of carboxylic acids is 1. The Morgan fingerprint density at radius 3 is 2.76 bits per heavy atom. The highest BCUT2D eigenvalue weighted by molar-refractivity contribution is 6.32. The number of carbonyl (C=O) groups is 1. The number of fused-ring (bicyclic) bond motifs is 2. The topological polar surface area (TPSA) is 67.6 Å². The van der Waals surface area contributed by atoms with E-state index in [1.54, 1.807) is 6.07 Å². The number of hydrogen-bond donors (Lipinski definition) is 1. The van der Waals surface area contributed by atoms with Crippen LogP contribution >= 0.6 is 11.6 Å². The average Bonchev–Trinajstić information content (AvgIpc) is 3.32. The maximum atomic E-state index is 14.9. The lowest BCUT2D eigenvalue weighted by Gasteiger charge is -2.33. The molecule has 2 bridgehead atoms. The van der Waals surface area contributed by atoms with Crippen molar-refractivity contribution < 1.29 is 19.0 Å². The third-order valence-electron chi connectivity index (χ3n) is 8.18. The number of piperidine rings is 1. The van der Waals surface area contributed by atoms with Crippen molar-refractivity contribution in [3.05, 3.63) is 75.8 Å². The summed E-state index contributed by atoms with van der Waals surface area (Å²) in [5.41, 5.74) is 5.65. The lowest BCUT2D eigenvalue weighted by molar-refractivity contribution is -0.136. The van der Waals surface area contributed by atoms with E-state index in [1.165, 1.54) is 24.5 Å². The highest BCUT2D eigenvalue weighted by Crippen LogP contribution is 2.45. The third-order valence-corrected chi connectivity index (χ3v) is 8.48. The zero-order valence-electron chi connectivity index (χ0n) is 20.9. The van der Waals surface area contributed by atoms with Gasteiger partial charge in [-0.25, -0.2) is 9.07 Å². The predicted molar refractivity (Wildman–Crippen MR) is 140 cm³/mol. The highest BCUT2D eigenvalue weighted by Gasteiger charge is 2.46. The fourth-order valence-corrected chi connectivity index (χ4v) is 6.43. The lowest BCUT2D eigenvalue weighted by atomic mass is 10.0. The van der Waals surface area contributed by atoms with E-state index in [0.29, 0.717) is 41.1 Å². The Hall–Kier alpha value is -2.90. The monoisotopic (exact) mass is 523 g/mol. The molecule has 1 aromatic heterocycles. The first-order chi connectivity index (χ1) is 17.9. The summed E-state index contributed by atoms with van der Waals surface area (Å²) in [6.07, 6.45) is 6.66. The van der Waals surface area contributed by atoms with Gasteiger partial charge in [0.2, 0.25) is 0 Å². The molecule has 2 heterocycles. The minimum Gasteiger partial charge on any atom is -0.481 e. The Kier molecular flexibility index (Phi) is 6.45. The molecule has 194 valence electrons. The Morgan fingerprint density at radius 2 is 2.08 bits per heavy atom. The van der Waals surface area contributed by atoms with Crippen molar-refractivity contribution >= 4 is 23.3 Å². The molecule has 2 saturated carbocycles. The van der Waals surface area contributed by atoms with E-state index < -0.39 is 5.97 Å². The maximum Gasteiger partial charge on any atom is 0.303 e. The van der Waals surface area contributed by atoms with Gasteiger partial charge in [0.25, 0.3) is 0 Å². The molecule has 2 aliphatic carbocycles. The fraction of sp³-hybridized carbons (Fsp3) is 0.448. The SMILES string of the molecule is Cc1cccc(Cl)c1-n1ncc(C2CC2)c1CO[C@H]1C[C@@H]2C[C@H]1CN2c1ccc(CCC(=O)O)cc1F. The number of nitrogens with zero attached hydrogens (tertiary/aromatic N) is 3. The molecule has 0 radical (unpaired) electrons. The number of benzene rings is 2. The Labute approximate surface area is 221 Å². The number of hydrogen-bond acceptors (Lipinski definition) is 4. The second-order valence-corrected chi connectivity index (χ2v) is 11.1. The number of para-hydroxylation sites is 1. The van der Waals surface area contributed by atoms with Crippen LogP contribution in [-0.2, 0) is 22.6 Å². The van der Waals surface area contributed by atoms with Gasteiger partial charge < -0.3 is 14.7 Å². The number of rotatable bonds is 9. The minimum atomic E-state index is -0.873. The molecule has 2 aromatic carbocycles. The lowest BCUT2D eigenvalue weighted by Crippen LogP contribution is -2.39. The molecule has 37 heavy (non-hydrogen) atoms. The maximum absolute atomic E-state index is 14.9. The van der Waals surface area contributed by atoms with Gasteiger partial charge in [-0.3, -0.25) is 4.79 Å². The van der Waals surface area contributed by atoms with Crippen LogP contribution in [0.4, 0.5) is 10.1 Å². The highest BCUT2D eigenvalue weighted by atomic mass is 35.5. The van der Waals surface area contributed by atoms with Crippen LogP contribution in [-0.4, -0.2) is 39.5 Å². The van der Waals surface area contributed by atoms with Gasteiger partial charge in [-0.2, -0.15) is 5.10 Å². The largest absolute Gasteiger partial charge is 0.481 e. The Morgan fingerprint density at radius 1 is 1.24 bits per heavy atom. The normalized spacial score (nSPS) is 22.7. The van der Waals surface area contributed by atoms with Crippen molar-refractivity contribution in [3.8, 4) is 5.69 Å². The van der Waals surface area contributed by atoms with E-state index in [-0.39, 0.29) is 24.4 Å². The van der Waals surface area contributed by atoms with Crippen molar-refractivity contribution in [1.82, 2.24) is 9.78 Å². The number of ether oxygens (including phenoxy) is 1. The van der Waals surface area contributed by atoms with Crippen LogP contribution in [0.3, 0.4) is 0 Å². The van der Waals surface area contributed by atoms with E-state index in [1.807, 2.05) is 42.1 Å². The third kappa shape index (κ3) is 4.75. The molecular weight excluding hydrogens is 493 g/mol. The summed E-state index contributed by atoms with van der Waals surface area (Å²) in [5, 5.41) is 14.3. The zero-order chi connectivity index (χ0) is 25.7. The predicted octanol–water partition coefficient (Wildman–Crippen LogP) is 6.05. The molecular formula is C29H31ClFN3O3. The summed E-state index contributed by atoms with van der Waals surface area (Å²) < 4.78 is 23.5. The standard InChI is InChI=1S/C29H31ClFN3O3/c1-17-3-2-4-23(30)29(17)34-26(22(14-32-34)19-7-8-19)16-37-27-13-21-12-20(27)15-33(21)25-9-5-18(11-24(25)31)6-10-28(35)36/h2-5,9,11,14,19-21,27H,6-8,10,12-13,15-16H2,1H3,(H,35,36)/t20-,21-,27-/m0/s1. The van der Waals surface area contributed by atoms with Crippen molar-refractivity contribution in [2.45, 2.75) is 70.1 Å². The molecule has 0 unspecified atom stereocenters. The van der Waals surface area contributed by atoms with Gasteiger partial charge in [-0.1, -0.05) is 29.8 Å². The van der Waals surface area contributed by atoms with Crippen LogP contribution in [0.2, 0.25) is 5.02 Å². The van der Waals surface area contributed by atoms with Crippen molar-refractivity contribution in [2.75, 3.05) is 11.4 Å². The molecule has 3 aromatic rings. The first-order valence-corrected chi connectivity index (χ1v) is 13.5. The molecule has 0 spiro atoms. The molecule has 1 N–H and O–H groups in total. The van der Waals surface area contributed by atoms with Crippen LogP contribution in [0.25, 0.3) is 5.69 Å². The van der Waals surface area contributed by atoms with E-state index >= 15 is 0 Å². The first kappa shape index (κ1) is 24.4. The van der Waals surface area contributed by atoms with Crippen LogP contribution in [0.5, 0.6) is 0 Å². The van der Waals surface area contributed by atoms with E-state index in [4.69, 9.17) is 26.5 Å². The van der Waals surface area contributed by atoms with Gasteiger partial charge in [0, 0.05) is 24.9 Å². The van der Waals surface area contributed by atoms with Crippen LogP contribution < -0.4 is 4.90 Å². The number of aryl methyl sites for hydroxylation is 2. The number of aliphatic carboxylic acids is 1. The summed E-state index contributed by atoms with van der Waals surface area (Å²) >= 11 is 6.58. The summed E-state index contributed by atoms with van der Waals surface area (Å²) in [6, 6.07) is 11.3. The Bertz CT molecular complexity index is 1320. The van der Waals surface area contributed by atoms with Crippen LogP contribution in [0.15, 0.2) is 42.6 Å². The van der Waals surface area contributed by atoms with E-state index in [0.717, 1.165) is 36.3 Å². The van der Waals surface area contributed by atoms with Gasteiger partial charge in [0.05, 0.1) is 41.0 Å². The van der Waals surface area contributed by atoms with Crippen LogP contribution in [0, 0.1) is 18.7 Å². The van der Waals surface area contributed by atoms with Gasteiger partial charge in [0.1, 0.15) is 5.82 Å². The summed E-state index contributed by atoms with van der Waals surface area (Å²) in [7, 11) is 0. The molecule has 0 amide bonds. The van der Waals surface area contributed by atoms with E-state index in [9.17, 15) is 9.18 Å². The molecule has 8 heteroatoms. The van der Waals surface area contributed by atoms with Gasteiger partial charge in [0.15, 0.2) is 0 Å². The molecule has 1 saturated heterocycles. The number of carboxylic acid groups (broad SMARTS) is 1. The van der Waals surface area contributed by atoms with Crippen molar-refractivity contribution in [1.29, 1.82) is 0 Å². The second kappa shape index (κ2) is 9.76. The first-order valence-electron chi connectivity index (χ1n) is 13.1. The second-order valence-electron chi connectivity index (χ2n) is 10.7. The molecule has 3 aliphatic rings. The average molecular weight is 524 g/mol. The van der Waals surface area contributed by atoms with Crippen LogP contribution in [0.1, 0.15) is 60.4 Å². The molecule has 3 atom stereocenters. The summed E-state index contributed by atoms with van der Waals surface area (Å²) in [6.45, 7) is 3.29.